The number of carbonyl (C=O) groups excluding carboxylic acids is 6. The number of nitrogens with zero attached hydrogens (tertiary/aromatic N) is 12. The van der Waals surface area contributed by atoms with E-state index in [1.807, 2.05) is 230 Å². The first-order valence-corrected chi connectivity index (χ1v) is 48.5. The standard InChI is InChI=1S/C22H24N2O2.C21H22N2O2.C20H20N2O2.2C19H18N2O3.C19H18N2O2/c1-15-5-6-17(14-23-15)21(25)12-11-19-13-20(24-26-19)16-7-9-18(10-8-16)22(2,3)4;1-13-9-14(2)21(15(3)10-13)19-11-18(25-23-19)7-8-20(24)17-6-5-16(4)22-12-17;1-3-15-5-8-16(9-6-15)19-12-18(24-22-19)10-11-20(23)17-7-4-14(2)21-13-17;1-13-6-7-15(12-20-13)19(22)9-8-17-11-18(21-24-17)14-4-3-5-16(10-14)23-2;1-13-7-8-14(12-20-13)18(22)10-9-15-11-17(21-24-15)16-5-3-4-6-19(16)23-2;1-13-3-6-15(7-4-13)18-11-17(23-21-18)9-10-19(22)16-8-5-14(2)20-12-16/h5-10,13-14H,11-12H2,1-4H3;5-6,9-12H,7-8H2,1-4H3;4-9,12-13H,3,10-11H2,1-2H3;3-7,10-12H,8-9H2,1-2H3;3-8,11-12H,9-10H2,1-2H3;3-8,11-12H,9-10H2,1-2H3. The molecule has 0 amide bonds. The number of benzene rings is 6. The van der Waals surface area contributed by atoms with E-state index in [9.17, 15) is 28.8 Å². The molecule has 0 atom stereocenters. The van der Waals surface area contributed by atoms with Gasteiger partial charge in [0.15, 0.2) is 34.7 Å². The van der Waals surface area contributed by atoms with Crippen LogP contribution in [-0.4, -0.2) is 110 Å². The number of aryl methyl sites for hydroxylation is 17. The average molecular weight is 1950 g/mol. The van der Waals surface area contributed by atoms with Gasteiger partial charge < -0.3 is 36.6 Å². The van der Waals surface area contributed by atoms with Crippen molar-refractivity contribution < 1.29 is 65.4 Å². The van der Waals surface area contributed by atoms with Crippen LogP contribution in [0.15, 0.2) is 307 Å². The number of carbonyl (C=O) groups is 6. The van der Waals surface area contributed by atoms with E-state index >= 15 is 0 Å². The van der Waals surface area contributed by atoms with Crippen molar-refractivity contribution in [1.82, 2.24) is 60.8 Å². The number of hydrogen-bond donors (Lipinski definition) is 0. The second-order valence-electron chi connectivity index (χ2n) is 36.7. The third-order valence-electron chi connectivity index (χ3n) is 24.1. The minimum absolute atomic E-state index is 0.0396. The van der Waals surface area contributed by atoms with Crippen molar-refractivity contribution in [3.63, 3.8) is 0 Å². The first-order valence-electron chi connectivity index (χ1n) is 48.5. The van der Waals surface area contributed by atoms with Gasteiger partial charge in [-0.3, -0.25) is 58.7 Å². The lowest BCUT2D eigenvalue weighted by Gasteiger charge is -2.18. The number of ketones is 6. The maximum absolute atomic E-state index is 12.2. The molecule has 0 saturated carbocycles. The van der Waals surface area contributed by atoms with E-state index in [1.165, 1.54) is 33.4 Å². The van der Waals surface area contributed by atoms with Crippen LogP contribution in [0.5, 0.6) is 11.5 Å². The van der Waals surface area contributed by atoms with E-state index in [2.05, 4.69) is 158 Å². The lowest BCUT2D eigenvalue weighted by Crippen LogP contribution is -2.10. The Balaban J connectivity index is 0.000000147. The van der Waals surface area contributed by atoms with E-state index in [0.29, 0.717) is 139 Å². The zero-order valence-electron chi connectivity index (χ0n) is 85.3. The number of pyridine rings is 6. The summed E-state index contributed by atoms with van der Waals surface area (Å²) in [6, 6.07) is 77.5. The highest BCUT2D eigenvalue weighted by molar-refractivity contribution is 5.99. The molecule has 26 heteroatoms. The van der Waals surface area contributed by atoms with Crippen molar-refractivity contribution >= 4 is 34.7 Å². The highest BCUT2D eigenvalue weighted by Gasteiger charge is 2.22. The number of rotatable bonds is 33. The molecule has 0 radical (unpaired) electrons. The highest BCUT2D eigenvalue weighted by atomic mass is 16.5. The summed E-state index contributed by atoms with van der Waals surface area (Å²) in [7, 11) is 3.24. The molecule has 0 bridgehead atoms. The van der Waals surface area contributed by atoms with Crippen LogP contribution in [0.2, 0.25) is 0 Å². The van der Waals surface area contributed by atoms with Crippen LogP contribution in [0.3, 0.4) is 0 Å². The molecule has 18 aromatic rings. The van der Waals surface area contributed by atoms with Gasteiger partial charge in [-0.15, -0.1) is 0 Å². The molecular weight excluding hydrogens is 1830 g/mol. The van der Waals surface area contributed by atoms with E-state index < -0.39 is 0 Å². The Labute approximate surface area is 850 Å². The van der Waals surface area contributed by atoms with Gasteiger partial charge in [0.1, 0.15) is 80.2 Å². The maximum Gasteiger partial charge on any atom is 0.164 e. The van der Waals surface area contributed by atoms with E-state index in [0.717, 1.165) is 125 Å². The zero-order chi connectivity index (χ0) is 104. The zero-order valence-corrected chi connectivity index (χ0v) is 85.3. The molecule has 0 unspecified atom stereocenters. The SMILES string of the molecule is CCc1ccc(-c2cc(CCC(=O)c3ccc(C)nc3)on2)cc1.COc1cccc(-c2cc(CCC(=O)c3ccc(C)nc3)on2)c1.COc1ccccc1-c1cc(CCC(=O)c2ccc(C)nc2)on1.Cc1cc(C)c(-c2cc(CCC(=O)c3ccc(C)nc3)on2)c(C)c1.Cc1ccc(-c2cc(CCC(=O)c3ccc(C)nc3)on2)cc1.Cc1ccc(C(=O)CCc2cc(-c3ccc(C(C)(C)C)cc3)no2)cn1. The molecule has 146 heavy (non-hydrogen) atoms. The van der Waals surface area contributed by atoms with E-state index in [4.69, 9.17) is 36.6 Å². The number of ether oxygens (including phenoxy) is 2. The lowest BCUT2D eigenvalue weighted by atomic mass is 9.86. The second-order valence-corrected chi connectivity index (χ2v) is 36.7. The smallest absolute Gasteiger partial charge is 0.164 e. The fourth-order valence-corrected chi connectivity index (χ4v) is 15.5. The Morgan fingerprint density at radius 3 is 0.884 bits per heavy atom. The van der Waals surface area contributed by atoms with Crippen LogP contribution < -0.4 is 9.47 Å². The topological polar surface area (TPSA) is 354 Å². The van der Waals surface area contributed by atoms with Crippen LogP contribution in [0.4, 0.5) is 0 Å². The molecule has 12 aromatic heterocycles. The van der Waals surface area contributed by atoms with Gasteiger partial charge in [0.25, 0.3) is 0 Å². The van der Waals surface area contributed by atoms with Crippen LogP contribution in [-0.2, 0) is 50.4 Å². The molecule has 0 aliphatic rings. The second kappa shape index (κ2) is 51.7. The normalized spacial score (nSPS) is 10.8. The predicted molar refractivity (Wildman–Crippen MR) is 562 cm³/mol. The van der Waals surface area contributed by atoms with Crippen molar-refractivity contribution in [1.29, 1.82) is 0 Å². The summed E-state index contributed by atoms with van der Waals surface area (Å²) < 4.78 is 42.8. The Morgan fingerprint density at radius 1 is 0.281 bits per heavy atom. The Morgan fingerprint density at radius 2 is 0.575 bits per heavy atom. The summed E-state index contributed by atoms with van der Waals surface area (Å²) >= 11 is 0. The van der Waals surface area contributed by atoms with Gasteiger partial charge in [0.05, 0.1) is 14.2 Å². The van der Waals surface area contributed by atoms with Crippen LogP contribution in [0, 0.1) is 69.2 Å². The molecule has 0 N–H and O–H groups in total. The summed E-state index contributed by atoms with van der Waals surface area (Å²) in [6.45, 7) is 28.4. The minimum atomic E-state index is 0.0396. The predicted octanol–water partition coefficient (Wildman–Crippen LogP) is 26.3. The van der Waals surface area contributed by atoms with Gasteiger partial charge in [-0.05, 0) is 200 Å². The van der Waals surface area contributed by atoms with Crippen molar-refractivity contribution in [2.75, 3.05) is 14.2 Å². The number of para-hydroxylation sites is 1. The largest absolute Gasteiger partial charge is 0.497 e. The molecule has 0 spiro atoms. The third kappa shape index (κ3) is 31.3. The van der Waals surface area contributed by atoms with Crippen molar-refractivity contribution in [3.05, 3.63) is 415 Å². The van der Waals surface area contributed by atoms with Gasteiger partial charge in [0, 0.05) is 252 Å². The number of hydrogen-bond acceptors (Lipinski definition) is 26. The van der Waals surface area contributed by atoms with Gasteiger partial charge >= 0.3 is 0 Å². The molecule has 6 aromatic carbocycles. The van der Waals surface area contributed by atoms with Gasteiger partial charge in [0.2, 0.25) is 0 Å². The molecule has 26 nitrogen and oxygen atoms in total. The van der Waals surface area contributed by atoms with Gasteiger partial charge in [-0.1, -0.05) is 179 Å². The molecule has 744 valence electrons. The number of methoxy groups -OCH3 is 2. The fourth-order valence-electron chi connectivity index (χ4n) is 15.5. The molecule has 0 saturated heterocycles. The number of aromatic nitrogens is 12. The third-order valence-corrected chi connectivity index (χ3v) is 24.1. The first-order chi connectivity index (χ1) is 70.3. The summed E-state index contributed by atoms with van der Waals surface area (Å²) in [5, 5.41) is 24.7. The Bertz CT molecular complexity index is 7330. The van der Waals surface area contributed by atoms with Crippen LogP contribution in [0.25, 0.3) is 67.5 Å². The molecule has 0 aliphatic carbocycles. The van der Waals surface area contributed by atoms with Gasteiger partial charge in [-0.2, -0.15) is 0 Å². The summed E-state index contributed by atoms with van der Waals surface area (Å²) in [4.78, 5) is 98.1. The Kier molecular flexibility index (Phi) is 37.7. The molecular formula is C120H120N12O14. The fraction of sp³-hybridized carbons (Fsp3) is 0.250. The minimum Gasteiger partial charge on any atom is -0.497 e. The van der Waals surface area contributed by atoms with Crippen molar-refractivity contribution in [3.8, 4) is 79.0 Å². The molecule has 0 fully saturated rings. The summed E-state index contributed by atoms with van der Waals surface area (Å²) in [5.41, 5.74) is 27.3. The van der Waals surface area contributed by atoms with Crippen molar-refractivity contribution in [2.24, 2.45) is 0 Å². The highest BCUT2D eigenvalue weighted by Crippen LogP contribution is 2.34. The van der Waals surface area contributed by atoms with Gasteiger partial charge in [-0.25, -0.2) is 0 Å². The Hall–Kier alpha value is -16.9. The molecule has 0 aliphatic heterocycles. The lowest BCUT2D eigenvalue weighted by molar-refractivity contribution is 0.0972. The maximum atomic E-state index is 12.2. The monoisotopic (exact) mass is 1950 g/mol. The molecule has 18 rings (SSSR count). The quantitative estimate of drug-likeness (QED) is 0.0345. The average Bonchev–Trinajstić information content (AvgIpc) is 1.64. The number of Topliss-reactive ketones (excluding diaryl/α,β-unsaturated/α-hetero) is 6. The van der Waals surface area contributed by atoms with Crippen molar-refractivity contribution in [2.45, 2.75) is 186 Å². The van der Waals surface area contributed by atoms with E-state index in [1.54, 1.807) is 63.5 Å². The first kappa shape index (κ1) is 106. The summed E-state index contributed by atoms with van der Waals surface area (Å²) in [5.74, 6) is 6.06. The van der Waals surface area contributed by atoms with Crippen LogP contribution >= 0.6 is 0 Å². The molecule has 12 heterocycles. The summed E-state index contributed by atoms with van der Waals surface area (Å²) in [6.07, 6.45) is 16.1. The van der Waals surface area contributed by atoms with Crippen LogP contribution in [0.1, 0.15) is 230 Å². The van der Waals surface area contributed by atoms with E-state index in [-0.39, 0.29) is 40.1 Å².